The van der Waals surface area contributed by atoms with E-state index in [9.17, 15) is 13.6 Å². The monoisotopic (exact) mass is 392 g/mol. The van der Waals surface area contributed by atoms with Crippen molar-refractivity contribution in [2.45, 2.75) is 6.42 Å². The van der Waals surface area contributed by atoms with E-state index in [1.54, 1.807) is 6.07 Å². The zero-order valence-corrected chi connectivity index (χ0v) is 15.4. The lowest BCUT2D eigenvalue weighted by atomic mass is 10.1. The minimum Gasteiger partial charge on any atom is -0.361 e. The number of nitrogens with zero attached hydrogens (tertiary/aromatic N) is 1. The summed E-state index contributed by atoms with van der Waals surface area (Å²) >= 11 is 0. The molecule has 2 heterocycles. The third-order valence-electron chi connectivity index (χ3n) is 4.60. The van der Waals surface area contributed by atoms with Gasteiger partial charge in [-0.2, -0.15) is 0 Å². The van der Waals surface area contributed by atoms with Crippen molar-refractivity contribution in [2.24, 2.45) is 0 Å². The predicted molar refractivity (Wildman–Crippen MR) is 108 cm³/mol. The molecule has 3 N–H and O–H groups in total. The number of benzene rings is 2. The van der Waals surface area contributed by atoms with Crippen LogP contribution in [0.3, 0.4) is 0 Å². The van der Waals surface area contributed by atoms with Crippen LogP contribution in [0.25, 0.3) is 10.9 Å². The number of nitrogens with one attached hydrogen (secondary N) is 3. The largest absolute Gasteiger partial charge is 0.361 e. The molecule has 0 aliphatic heterocycles. The number of rotatable bonds is 6. The SMILES string of the molecule is O=C(NCCc1c[nH]c2ccccc12)c1ccc(Nc2c(F)cccc2F)nc1. The summed E-state index contributed by atoms with van der Waals surface area (Å²) in [5, 5.41) is 6.58. The molecule has 0 fully saturated rings. The van der Waals surface area contributed by atoms with Gasteiger partial charge in [0.1, 0.15) is 23.1 Å². The molecule has 146 valence electrons. The molecule has 7 heteroatoms. The average molecular weight is 392 g/mol. The number of para-hydroxylation sites is 2. The number of pyridine rings is 1. The standard InChI is InChI=1S/C22H18F2N4O/c23-17-5-3-6-18(24)21(17)28-20-9-8-15(13-27-20)22(29)25-11-10-14-12-26-19-7-2-1-4-16(14)19/h1-9,12-13,26H,10-11H2,(H,25,29)(H,27,28). The number of carbonyl (C=O) groups excluding carboxylic acids is 1. The van der Waals surface area contributed by atoms with Crippen LogP contribution in [0, 0.1) is 11.6 Å². The van der Waals surface area contributed by atoms with Crippen LogP contribution in [0.5, 0.6) is 0 Å². The first-order chi connectivity index (χ1) is 14.1. The Morgan fingerprint density at radius 2 is 1.79 bits per heavy atom. The molecule has 5 nitrogen and oxygen atoms in total. The Balaban J connectivity index is 1.35. The molecule has 0 bridgehead atoms. The van der Waals surface area contributed by atoms with Gasteiger partial charge in [0.2, 0.25) is 0 Å². The number of anilines is 2. The van der Waals surface area contributed by atoms with Crippen LogP contribution in [0.4, 0.5) is 20.3 Å². The number of aromatic nitrogens is 2. The van der Waals surface area contributed by atoms with Crippen molar-refractivity contribution < 1.29 is 13.6 Å². The molecule has 0 saturated carbocycles. The van der Waals surface area contributed by atoms with E-state index in [4.69, 9.17) is 0 Å². The number of amides is 1. The summed E-state index contributed by atoms with van der Waals surface area (Å²) in [5.74, 6) is -1.46. The first-order valence-electron chi connectivity index (χ1n) is 9.12. The normalized spacial score (nSPS) is 10.8. The molecule has 2 aromatic heterocycles. The van der Waals surface area contributed by atoms with E-state index < -0.39 is 11.6 Å². The summed E-state index contributed by atoms with van der Waals surface area (Å²) in [6.07, 6.45) is 4.00. The third kappa shape index (κ3) is 4.08. The molecule has 4 aromatic rings. The number of hydrogen-bond acceptors (Lipinski definition) is 3. The Morgan fingerprint density at radius 1 is 1.00 bits per heavy atom. The fourth-order valence-electron chi connectivity index (χ4n) is 3.10. The van der Waals surface area contributed by atoms with E-state index in [1.165, 1.54) is 18.3 Å². The summed E-state index contributed by atoms with van der Waals surface area (Å²) in [4.78, 5) is 19.6. The van der Waals surface area contributed by atoms with Crippen molar-refractivity contribution in [1.29, 1.82) is 0 Å². The highest BCUT2D eigenvalue weighted by Gasteiger charge is 2.11. The van der Waals surface area contributed by atoms with Crippen molar-refractivity contribution in [2.75, 3.05) is 11.9 Å². The van der Waals surface area contributed by atoms with Crippen molar-refractivity contribution in [1.82, 2.24) is 15.3 Å². The van der Waals surface area contributed by atoms with E-state index >= 15 is 0 Å². The first-order valence-corrected chi connectivity index (χ1v) is 9.12. The maximum Gasteiger partial charge on any atom is 0.252 e. The smallest absolute Gasteiger partial charge is 0.252 e. The van der Waals surface area contributed by atoms with Crippen LogP contribution < -0.4 is 10.6 Å². The Bertz CT molecular complexity index is 1130. The van der Waals surface area contributed by atoms with Crippen LogP contribution in [0.1, 0.15) is 15.9 Å². The van der Waals surface area contributed by atoms with Crippen molar-refractivity contribution in [3.05, 3.63) is 89.8 Å². The van der Waals surface area contributed by atoms with Crippen molar-refractivity contribution in [3.8, 4) is 0 Å². The lowest BCUT2D eigenvalue weighted by molar-refractivity contribution is 0.0954. The number of carbonyl (C=O) groups is 1. The maximum atomic E-state index is 13.7. The third-order valence-corrected chi connectivity index (χ3v) is 4.60. The number of H-pyrrole nitrogens is 1. The van der Waals surface area contributed by atoms with Crippen molar-refractivity contribution in [3.63, 3.8) is 0 Å². The molecule has 0 saturated heterocycles. The molecule has 0 unspecified atom stereocenters. The van der Waals surface area contributed by atoms with E-state index in [0.29, 0.717) is 18.5 Å². The molecule has 0 spiro atoms. The average Bonchev–Trinajstić information content (AvgIpc) is 3.14. The van der Waals surface area contributed by atoms with Crippen LogP contribution in [0.15, 0.2) is 67.0 Å². The van der Waals surface area contributed by atoms with Crippen LogP contribution in [-0.4, -0.2) is 22.4 Å². The molecule has 0 aliphatic carbocycles. The lowest BCUT2D eigenvalue weighted by Crippen LogP contribution is -2.25. The number of hydrogen-bond donors (Lipinski definition) is 3. The van der Waals surface area contributed by atoms with E-state index in [0.717, 1.165) is 28.6 Å². The maximum absolute atomic E-state index is 13.7. The van der Waals surface area contributed by atoms with Gasteiger partial charge in [0.15, 0.2) is 0 Å². The van der Waals surface area contributed by atoms with Gasteiger partial charge in [-0.15, -0.1) is 0 Å². The first kappa shape index (κ1) is 18.6. The second-order valence-electron chi connectivity index (χ2n) is 6.52. The summed E-state index contributed by atoms with van der Waals surface area (Å²) in [6, 6.07) is 14.6. The number of aromatic amines is 1. The molecule has 29 heavy (non-hydrogen) atoms. The Hall–Kier alpha value is -3.74. The summed E-state index contributed by atoms with van der Waals surface area (Å²) < 4.78 is 27.4. The molecule has 0 aliphatic rings. The summed E-state index contributed by atoms with van der Waals surface area (Å²) in [7, 11) is 0. The highest BCUT2D eigenvalue weighted by molar-refractivity contribution is 5.94. The lowest BCUT2D eigenvalue weighted by Gasteiger charge is -2.09. The zero-order chi connectivity index (χ0) is 20.2. The van der Waals surface area contributed by atoms with Gasteiger partial charge >= 0.3 is 0 Å². The van der Waals surface area contributed by atoms with E-state index in [1.807, 2.05) is 30.5 Å². The molecule has 0 atom stereocenters. The minimum atomic E-state index is -0.717. The summed E-state index contributed by atoms with van der Waals surface area (Å²) in [6.45, 7) is 0.473. The Kier molecular flexibility index (Phi) is 5.20. The van der Waals surface area contributed by atoms with Crippen LogP contribution in [-0.2, 0) is 6.42 Å². The number of fused-ring (bicyclic) bond motifs is 1. The topological polar surface area (TPSA) is 69.8 Å². The van der Waals surface area contributed by atoms with Crippen molar-refractivity contribution >= 4 is 28.3 Å². The molecule has 4 rings (SSSR count). The Labute approximate surface area is 165 Å². The van der Waals surface area contributed by atoms with Gasteiger partial charge in [0.05, 0.1) is 5.56 Å². The predicted octanol–water partition coefficient (Wildman–Crippen LogP) is 4.56. The van der Waals surface area contributed by atoms with Gasteiger partial charge in [-0.05, 0) is 42.3 Å². The van der Waals surface area contributed by atoms with Gasteiger partial charge in [0.25, 0.3) is 5.91 Å². The van der Waals surface area contributed by atoms with E-state index in [-0.39, 0.29) is 17.4 Å². The zero-order valence-electron chi connectivity index (χ0n) is 15.4. The van der Waals surface area contributed by atoms with Gasteiger partial charge in [0, 0.05) is 29.8 Å². The van der Waals surface area contributed by atoms with E-state index in [2.05, 4.69) is 20.6 Å². The molecule has 2 aromatic carbocycles. The quantitative estimate of drug-likeness (QED) is 0.451. The molecule has 1 amide bonds. The second-order valence-corrected chi connectivity index (χ2v) is 6.52. The summed E-state index contributed by atoms with van der Waals surface area (Å²) in [5.41, 5.74) is 2.28. The number of halogens is 2. The van der Waals surface area contributed by atoms with Crippen LogP contribution >= 0.6 is 0 Å². The minimum absolute atomic E-state index is 0.240. The fourth-order valence-corrected chi connectivity index (χ4v) is 3.10. The second kappa shape index (κ2) is 8.10. The van der Waals surface area contributed by atoms with Gasteiger partial charge < -0.3 is 15.6 Å². The Morgan fingerprint density at radius 3 is 2.55 bits per heavy atom. The molecular formula is C22H18F2N4O. The fraction of sp³-hybridized carbons (Fsp3) is 0.0909. The van der Waals surface area contributed by atoms with Gasteiger partial charge in [-0.3, -0.25) is 4.79 Å². The highest BCUT2D eigenvalue weighted by Crippen LogP contribution is 2.22. The highest BCUT2D eigenvalue weighted by atomic mass is 19.1. The molecular weight excluding hydrogens is 374 g/mol. The molecule has 0 radical (unpaired) electrons. The van der Waals surface area contributed by atoms with Gasteiger partial charge in [-0.25, -0.2) is 13.8 Å². The van der Waals surface area contributed by atoms with Crippen LogP contribution in [0.2, 0.25) is 0 Å². The van der Waals surface area contributed by atoms with Gasteiger partial charge in [-0.1, -0.05) is 24.3 Å².